The Morgan fingerprint density at radius 3 is 2.63 bits per heavy atom. The molecule has 1 amide bonds. The monoisotopic (exact) mass is 277 g/mol. The van der Waals surface area contributed by atoms with Crippen LogP contribution >= 0.6 is 11.3 Å². The van der Waals surface area contributed by atoms with Gasteiger partial charge in [-0.25, -0.2) is 0 Å². The molecule has 2 nitrogen and oxygen atoms in total. The van der Waals surface area contributed by atoms with Crippen LogP contribution in [0.1, 0.15) is 56.2 Å². The lowest BCUT2D eigenvalue weighted by molar-refractivity contribution is -0.125. The zero-order valence-electron chi connectivity index (χ0n) is 11.5. The van der Waals surface area contributed by atoms with Crippen LogP contribution < -0.4 is 5.32 Å². The van der Waals surface area contributed by atoms with Gasteiger partial charge in [-0.15, -0.1) is 11.3 Å². The summed E-state index contributed by atoms with van der Waals surface area (Å²) in [5, 5.41) is 5.42. The first kappa shape index (κ1) is 13.2. The number of carbonyl (C=O) groups is 1. The molecule has 19 heavy (non-hydrogen) atoms. The molecule has 2 fully saturated rings. The average Bonchev–Trinajstić information content (AvgIpc) is 3.16. The maximum Gasteiger partial charge on any atom is 0.223 e. The summed E-state index contributed by atoms with van der Waals surface area (Å²) in [5.41, 5.74) is 0.239. The van der Waals surface area contributed by atoms with E-state index in [0.717, 1.165) is 19.4 Å². The van der Waals surface area contributed by atoms with Crippen LogP contribution in [0.25, 0.3) is 0 Å². The predicted octanol–water partition coefficient (Wildman–Crippen LogP) is 3.87. The van der Waals surface area contributed by atoms with Gasteiger partial charge in [0.25, 0.3) is 0 Å². The van der Waals surface area contributed by atoms with Gasteiger partial charge in [0.15, 0.2) is 0 Å². The Hall–Kier alpha value is -0.830. The molecular formula is C16H23NOS. The van der Waals surface area contributed by atoms with Crippen LogP contribution in [0.2, 0.25) is 0 Å². The van der Waals surface area contributed by atoms with E-state index in [1.165, 1.54) is 43.4 Å². The van der Waals surface area contributed by atoms with E-state index in [0.29, 0.717) is 11.8 Å². The van der Waals surface area contributed by atoms with Crippen molar-refractivity contribution in [3.05, 3.63) is 22.4 Å². The van der Waals surface area contributed by atoms with Gasteiger partial charge in [0.05, 0.1) is 0 Å². The Kier molecular flexibility index (Phi) is 3.92. The molecule has 2 aliphatic rings. The number of hydrogen-bond donors (Lipinski definition) is 1. The van der Waals surface area contributed by atoms with E-state index in [2.05, 4.69) is 22.8 Å². The van der Waals surface area contributed by atoms with Gasteiger partial charge in [0, 0.05) is 22.8 Å². The number of carbonyl (C=O) groups excluding carboxylic acids is 1. The summed E-state index contributed by atoms with van der Waals surface area (Å²) in [6, 6.07) is 4.39. The summed E-state index contributed by atoms with van der Waals surface area (Å²) in [6.07, 6.45) is 9.73. The molecule has 0 spiro atoms. The Bertz CT molecular complexity index is 414. The van der Waals surface area contributed by atoms with E-state index in [4.69, 9.17) is 0 Å². The van der Waals surface area contributed by atoms with Crippen molar-refractivity contribution in [2.45, 2.75) is 56.8 Å². The lowest BCUT2D eigenvalue weighted by atomic mass is 9.84. The summed E-state index contributed by atoms with van der Waals surface area (Å²) in [7, 11) is 0. The largest absolute Gasteiger partial charge is 0.355 e. The van der Waals surface area contributed by atoms with Crippen molar-refractivity contribution in [1.29, 1.82) is 0 Å². The zero-order valence-corrected chi connectivity index (χ0v) is 12.3. The maximum absolute atomic E-state index is 12.2. The van der Waals surface area contributed by atoms with E-state index >= 15 is 0 Å². The predicted molar refractivity (Wildman–Crippen MR) is 79.4 cm³/mol. The third-order valence-electron chi connectivity index (χ3n) is 4.93. The molecule has 1 heterocycles. The fourth-order valence-electron chi connectivity index (χ4n) is 3.73. The highest BCUT2D eigenvalue weighted by Gasteiger charge is 2.37. The molecule has 0 aliphatic heterocycles. The van der Waals surface area contributed by atoms with Crippen LogP contribution in [-0.4, -0.2) is 12.5 Å². The van der Waals surface area contributed by atoms with Crippen molar-refractivity contribution >= 4 is 17.2 Å². The number of thiophene rings is 1. The highest BCUT2D eigenvalue weighted by atomic mass is 32.1. The van der Waals surface area contributed by atoms with Gasteiger partial charge >= 0.3 is 0 Å². The van der Waals surface area contributed by atoms with Crippen molar-refractivity contribution in [2.24, 2.45) is 5.92 Å². The minimum Gasteiger partial charge on any atom is -0.355 e. The highest BCUT2D eigenvalue weighted by Crippen LogP contribution is 2.42. The second-order valence-electron chi connectivity index (χ2n) is 6.16. The lowest BCUT2D eigenvalue weighted by Crippen LogP contribution is -2.40. The van der Waals surface area contributed by atoms with E-state index < -0.39 is 0 Å². The van der Waals surface area contributed by atoms with Gasteiger partial charge in [-0.3, -0.25) is 4.79 Å². The summed E-state index contributed by atoms with van der Waals surface area (Å²) >= 11 is 1.85. The van der Waals surface area contributed by atoms with E-state index in [-0.39, 0.29) is 5.41 Å². The maximum atomic E-state index is 12.2. The van der Waals surface area contributed by atoms with Crippen LogP contribution in [0.3, 0.4) is 0 Å². The molecule has 0 aromatic carbocycles. The molecule has 1 aromatic rings. The molecule has 0 saturated heterocycles. The summed E-state index contributed by atoms with van der Waals surface area (Å²) < 4.78 is 0. The van der Waals surface area contributed by atoms with Crippen LogP contribution in [-0.2, 0) is 10.2 Å². The molecule has 1 N–H and O–H groups in total. The van der Waals surface area contributed by atoms with Crippen LogP contribution in [0.4, 0.5) is 0 Å². The first-order valence-electron chi connectivity index (χ1n) is 7.62. The molecule has 0 radical (unpaired) electrons. The van der Waals surface area contributed by atoms with Gasteiger partial charge in [-0.1, -0.05) is 31.7 Å². The smallest absolute Gasteiger partial charge is 0.223 e. The van der Waals surface area contributed by atoms with Crippen LogP contribution in [0.5, 0.6) is 0 Å². The standard InChI is InChI=1S/C16H23NOS/c18-15(13-6-1-2-7-13)17-12-16(9-3-4-10-16)14-8-5-11-19-14/h5,8,11,13H,1-4,6-7,9-10,12H2,(H,17,18). The van der Waals surface area contributed by atoms with Crippen molar-refractivity contribution in [3.8, 4) is 0 Å². The normalized spacial score (nSPS) is 22.7. The van der Waals surface area contributed by atoms with Gasteiger partial charge in [-0.2, -0.15) is 0 Å². The molecule has 2 aliphatic carbocycles. The molecule has 0 atom stereocenters. The third-order valence-corrected chi connectivity index (χ3v) is 6.05. The molecule has 0 bridgehead atoms. The van der Waals surface area contributed by atoms with Crippen LogP contribution in [0.15, 0.2) is 17.5 Å². The molecular weight excluding hydrogens is 254 g/mol. The fourth-order valence-corrected chi connectivity index (χ4v) is 4.72. The lowest BCUT2D eigenvalue weighted by Gasteiger charge is -2.28. The number of hydrogen-bond acceptors (Lipinski definition) is 2. The van der Waals surface area contributed by atoms with E-state index in [1.807, 2.05) is 11.3 Å². The Labute approximate surface area is 119 Å². The second kappa shape index (κ2) is 5.66. The quantitative estimate of drug-likeness (QED) is 0.889. The Morgan fingerprint density at radius 1 is 1.26 bits per heavy atom. The Morgan fingerprint density at radius 2 is 2.00 bits per heavy atom. The van der Waals surface area contributed by atoms with Gasteiger partial charge in [0.2, 0.25) is 5.91 Å². The molecule has 1 aromatic heterocycles. The summed E-state index contributed by atoms with van der Waals surface area (Å²) in [6.45, 7) is 0.850. The van der Waals surface area contributed by atoms with Crippen molar-refractivity contribution in [1.82, 2.24) is 5.32 Å². The van der Waals surface area contributed by atoms with Crippen molar-refractivity contribution in [2.75, 3.05) is 6.54 Å². The summed E-state index contributed by atoms with van der Waals surface area (Å²) in [5.74, 6) is 0.599. The molecule has 3 heteroatoms. The molecule has 104 valence electrons. The number of rotatable bonds is 4. The highest BCUT2D eigenvalue weighted by molar-refractivity contribution is 7.10. The first-order valence-corrected chi connectivity index (χ1v) is 8.50. The summed E-state index contributed by atoms with van der Waals surface area (Å²) in [4.78, 5) is 13.7. The van der Waals surface area contributed by atoms with Gasteiger partial charge < -0.3 is 5.32 Å². The second-order valence-corrected chi connectivity index (χ2v) is 7.11. The molecule has 3 rings (SSSR count). The van der Waals surface area contributed by atoms with E-state index in [1.54, 1.807) is 0 Å². The van der Waals surface area contributed by atoms with Crippen molar-refractivity contribution in [3.63, 3.8) is 0 Å². The third kappa shape index (κ3) is 2.71. The zero-order chi connectivity index (χ0) is 13.1. The van der Waals surface area contributed by atoms with Crippen molar-refractivity contribution < 1.29 is 4.79 Å². The number of nitrogens with one attached hydrogen (secondary N) is 1. The van der Waals surface area contributed by atoms with Crippen LogP contribution in [0, 0.1) is 5.92 Å². The average molecular weight is 277 g/mol. The minimum atomic E-state index is 0.239. The van der Waals surface area contributed by atoms with E-state index in [9.17, 15) is 4.79 Å². The molecule has 0 unspecified atom stereocenters. The first-order chi connectivity index (χ1) is 9.30. The topological polar surface area (TPSA) is 29.1 Å². The molecule has 2 saturated carbocycles. The van der Waals surface area contributed by atoms with Gasteiger partial charge in [0.1, 0.15) is 0 Å². The van der Waals surface area contributed by atoms with Gasteiger partial charge in [-0.05, 0) is 37.1 Å². The fraction of sp³-hybridized carbons (Fsp3) is 0.688. The Balaban J connectivity index is 1.64. The minimum absolute atomic E-state index is 0.239. The SMILES string of the molecule is O=C(NCC1(c2cccs2)CCCC1)C1CCCC1. The number of amides is 1.